The van der Waals surface area contributed by atoms with Crippen LogP contribution in [0.4, 0.5) is 0 Å². The van der Waals surface area contributed by atoms with Crippen molar-refractivity contribution in [3.8, 4) is 0 Å². The first kappa shape index (κ1) is 10.7. The van der Waals surface area contributed by atoms with Crippen LogP contribution in [0.5, 0.6) is 0 Å². The van der Waals surface area contributed by atoms with Crippen molar-refractivity contribution in [1.29, 1.82) is 0 Å². The molecular weight excluding hydrogens is 218 g/mol. The Labute approximate surface area is 99.9 Å². The Morgan fingerprint density at radius 2 is 2.29 bits per heavy atom. The summed E-state index contributed by atoms with van der Waals surface area (Å²) in [5.41, 5.74) is 3.06. The van der Waals surface area contributed by atoms with Crippen molar-refractivity contribution < 1.29 is 14.3 Å². The number of nitrogens with one attached hydrogen (secondary N) is 1. The van der Waals surface area contributed by atoms with Gasteiger partial charge in [0.05, 0.1) is 18.8 Å². The van der Waals surface area contributed by atoms with Crippen molar-refractivity contribution in [3.63, 3.8) is 0 Å². The van der Waals surface area contributed by atoms with E-state index >= 15 is 0 Å². The first-order chi connectivity index (χ1) is 8.34. The van der Waals surface area contributed by atoms with Crippen LogP contribution >= 0.6 is 0 Å². The fourth-order valence-electron chi connectivity index (χ4n) is 2.22. The zero-order chi connectivity index (χ0) is 11.7. The highest BCUT2D eigenvalue weighted by molar-refractivity contribution is 5.91. The van der Waals surface area contributed by atoms with Gasteiger partial charge in [-0.1, -0.05) is 12.1 Å². The van der Waals surface area contributed by atoms with Crippen molar-refractivity contribution in [2.45, 2.75) is 19.1 Å². The molecule has 0 atom stereocenters. The Morgan fingerprint density at radius 3 is 3.06 bits per heavy atom. The first-order valence-corrected chi connectivity index (χ1v) is 5.95. The summed E-state index contributed by atoms with van der Waals surface area (Å²) in [5.74, 6) is -0.211. The molecule has 0 aliphatic carbocycles. The van der Waals surface area contributed by atoms with Crippen LogP contribution in [0.2, 0.25) is 0 Å². The van der Waals surface area contributed by atoms with Crippen LogP contribution in [0, 0.1) is 0 Å². The minimum absolute atomic E-state index is 0.0555. The molecule has 1 aromatic carbocycles. The van der Waals surface area contributed by atoms with Gasteiger partial charge in [0, 0.05) is 6.54 Å². The molecule has 1 aromatic rings. The lowest BCUT2D eigenvalue weighted by atomic mass is 9.95. The van der Waals surface area contributed by atoms with Gasteiger partial charge in [-0.2, -0.15) is 0 Å². The molecule has 1 N–H and O–H groups in total. The van der Waals surface area contributed by atoms with Crippen LogP contribution in [0.3, 0.4) is 0 Å². The molecule has 0 aromatic heterocycles. The lowest BCUT2D eigenvalue weighted by Crippen LogP contribution is -2.38. The number of ether oxygens (including phenoxy) is 2. The van der Waals surface area contributed by atoms with Gasteiger partial charge in [-0.3, -0.25) is 0 Å². The zero-order valence-electron chi connectivity index (χ0n) is 9.57. The number of carbonyl (C=O) groups is 1. The molecule has 2 aliphatic heterocycles. The standard InChI is InChI=1S/C13H15NO3/c15-13(17-10-7-16-8-10)12-3-1-2-9-6-14-5-4-11(9)12/h1-3,10,14H,4-8H2. The molecule has 4 heteroatoms. The van der Waals surface area contributed by atoms with Crippen LogP contribution in [0.25, 0.3) is 0 Å². The van der Waals surface area contributed by atoms with E-state index < -0.39 is 0 Å². The van der Waals surface area contributed by atoms with Gasteiger partial charge in [-0.25, -0.2) is 4.79 Å². The molecule has 2 heterocycles. The molecule has 0 saturated carbocycles. The molecule has 3 rings (SSSR count). The van der Waals surface area contributed by atoms with E-state index in [4.69, 9.17) is 9.47 Å². The Morgan fingerprint density at radius 1 is 1.41 bits per heavy atom. The lowest BCUT2D eigenvalue weighted by molar-refractivity contribution is -0.103. The minimum atomic E-state index is -0.211. The monoisotopic (exact) mass is 233 g/mol. The highest BCUT2D eigenvalue weighted by atomic mass is 16.6. The second-order valence-electron chi connectivity index (χ2n) is 4.43. The Hall–Kier alpha value is -1.39. The van der Waals surface area contributed by atoms with Crippen molar-refractivity contribution in [1.82, 2.24) is 5.32 Å². The molecule has 1 saturated heterocycles. The van der Waals surface area contributed by atoms with E-state index in [9.17, 15) is 4.79 Å². The second kappa shape index (κ2) is 4.47. The second-order valence-corrected chi connectivity index (χ2v) is 4.43. The smallest absolute Gasteiger partial charge is 0.338 e. The Kier molecular flexibility index (Phi) is 2.82. The SMILES string of the molecule is O=C(OC1COC1)c1cccc2c1CCNC2. The topological polar surface area (TPSA) is 47.6 Å². The number of fused-ring (bicyclic) bond motifs is 1. The molecule has 1 fully saturated rings. The van der Waals surface area contributed by atoms with Gasteiger partial charge in [0.25, 0.3) is 0 Å². The van der Waals surface area contributed by atoms with Crippen LogP contribution in [-0.4, -0.2) is 31.8 Å². The van der Waals surface area contributed by atoms with E-state index in [1.807, 2.05) is 12.1 Å². The summed E-state index contributed by atoms with van der Waals surface area (Å²) in [5, 5.41) is 3.30. The molecule has 0 amide bonds. The molecule has 4 nitrogen and oxygen atoms in total. The van der Waals surface area contributed by atoms with Crippen molar-refractivity contribution in [3.05, 3.63) is 34.9 Å². The summed E-state index contributed by atoms with van der Waals surface area (Å²) >= 11 is 0. The molecule has 0 unspecified atom stereocenters. The number of carbonyl (C=O) groups excluding carboxylic acids is 1. The predicted octanol–water partition coefficient (Wildman–Crippen LogP) is 0.888. The summed E-state index contributed by atoms with van der Waals surface area (Å²) in [7, 11) is 0. The number of rotatable bonds is 2. The Bertz CT molecular complexity index is 440. The molecule has 2 aliphatic rings. The predicted molar refractivity (Wildman–Crippen MR) is 61.9 cm³/mol. The van der Waals surface area contributed by atoms with Crippen LogP contribution in [0.15, 0.2) is 18.2 Å². The maximum atomic E-state index is 12.0. The van der Waals surface area contributed by atoms with Gasteiger partial charge >= 0.3 is 5.97 Å². The minimum Gasteiger partial charge on any atom is -0.454 e. The largest absolute Gasteiger partial charge is 0.454 e. The quantitative estimate of drug-likeness (QED) is 0.771. The molecule has 0 bridgehead atoms. The highest BCUT2D eigenvalue weighted by Crippen LogP contribution is 2.20. The molecule has 0 spiro atoms. The maximum Gasteiger partial charge on any atom is 0.338 e. The lowest BCUT2D eigenvalue weighted by Gasteiger charge is -2.26. The van der Waals surface area contributed by atoms with Crippen LogP contribution in [-0.2, 0) is 22.4 Å². The maximum absolute atomic E-state index is 12.0. The fraction of sp³-hybridized carbons (Fsp3) is 0.462. The van der Waals surface area contributed by atoms with E-state index in [2.05, 4.69) is 11.4 Å². The highest BCUT2D eigenvalue weighted by Gasteiger charge is 2.25. The van der Waals surface area contributed by atoms with E-state index in [-0.39, 0.29) is 12.1 Å². The van der Waals surface area contributed by atoms with Gasteiger partial charge in [0.1, 0.15) is 6.10 Å². The van der Waals surface area contributed by atoms with Crippen molar-refractivity contribution >= 4 is 5.97 Å². The average molecular weight is 233 g/mol. The average Bonchev–Trinajstić information content (AvgIpc) is 2.33. The van der Waals surface area contributed by atoms with E-state index in [1.165, 1.54) is 5.56 Å². The molecule has 17 heavy (non-hydrogen) atoms. The molecule has 90 valence electrons. The van der Waals surface area contributed by atoms with E-state index in [0.717, 1.165) is 30.6 Å². The van der Waals surface area contributed by atoms with Crippen molar-refractivity contribution in [2.75, 3.05) is 19.8 Å². The number of hydrogen-bond acceptors (Lipinski definition) is 4. The van der Waals surface area contributed by atoms with E-state index in [1.54, 1.807) is 0 Å². The van der Waals surface area contributed by atoms with Gasteiger partial charge in [0.2, 0.25) is 0 Å². The van der Waals surface area contributed by atoms with Gasteiger partial charge in [-0.15, -0.1) is 0 Å². The number of hydrogen-bond donors (Lipinski definition) is 1. The summed E-state index contributed by atoms with van der Waals surface area (Å²) in [6.07, 6.45) is 0.835. The number of esters is 1. The van der Waals surface area contributed by atoms with Crippen molar-refractivity contribution in [2.24, 2.45) is 0 Å². The third-order valence-corrected chi connectivity index (χ3v) is 3.24. The summed E-state index contributed by atoms with van der Waals surface area (Å²) in [6, 6.07) is 5.83. The summed E-state index contributed by atoms with van der Waals surface area (Å²) in [4.78, 5) is 12.0. The van der Waals surface area contributed by atoms with E-state index in [0.29, 0.717) is 13.2 Å². The third-order valence-electron chi connectivity index (χ3n) is 3.24. The third kappa shape index (κ3) is 2.06. The first-order valence-electron chi connectivity index (χ1n) is 5.95. The summed E-state index contributed by atoms with van der Waals surface area (Å²) in [6.45, 7) is 2.82. The zero-order valence-corrected chi connectivity index (χ0v) is 9.57. The van der Waals surface area contributed by atoms with Crippen LogP contribution in [0.1, 0.15) is 21.5 Å². The number of benzene rings is 1. The summed E-state index contributed by atoms with van der Waals surface area (Å²) < 4.78 is 10.4. The Balaban J connectivity index is 1.83. The van der Waals surface area contributed by atoms with Gasteiger partial charge < -0.3 is 14.8 Å². The van der Waals surface area contributed by atoms with Crippen LogP contribution < -0.4 is 5.32 Å². The molecule has 0 radical (unpaired) electrons. The van der Waals surface area contributed by atoms with Gasteiger partial charge in [-0.05, 0) is 30.2 Å². The van der Waals surface area contributed by atoms with Gasteiger partial charge in [0.15, 0.2) is 0 Å². The fourth-order valence-corrected chi connectivity index (χ4v) is 2.22. The normalized spacial score (nSPS) is 19.3. The molecular formula is C13H15NO3.